The van der Waals surface area contributed by atoms with Crippen molar-refractivity contribution >= 4 is 42.6 Å². The normalized spacial score (nSPS) is 23.2. The average Bonchev–Trinajstić information content (AvgIpc) is 3.09. The summed E-state index contributed by atoms with van der Waals surface area (Å²) in [5.41, 5.74) is 5.62. The van der Waals surface area contributed by atoms with Crippen LogP contribution in [0.15, 0.2) is 61.8 Å². The number of alkyl halides is 1. The van der Waals surface area contributed by atoms with E-state index in [0.29, 0.717) is 7.79 Å². The van der Waals surface area contributed by atoms with Gasteiger partial charge in [0.2, 0.25) is 0 Å². The number of rotatable bonds is 2. The molecule has 3 aliphatic rings. The van der Waals surface area contributed by atoms with Gasteiger partial charge in [-0.25, -0.2) is 0 Å². The molecule has 0 radical (unpaired) electrons. The molecule has 1 aromatic rings. The topological polar surface area (TPSA) is 0 Å². The molecular formula is C17H13BrCl2S2Zr. The van der Waals surface area contributed by atoms with Crippen molar-refractivity contribution in [2.75, 3.05) is 0 Å². The van der Waals surface area contributed by atoms with Gasteiger partial charge in [0.15, 0.2) is 0 Å². The molecule has 0 aromatic heterocycles. The van der Waals surface area contributed by atoms with Gasteiger partial charge in [-0.15, -0.1) is 0 Å². The summed E-state index contributed by atoms with van der Waals surface area (Å²) < 4.78 is 2.47. The molecule has 118 valence electrons. The van der Waals surface area contributed by atoms with E-state index in [9.17, 15) is 0 Å². The molecule has 0 saturated carbocycles. The van der Waals surface area contributed by atoms with Gasteiger partial charge < -0.3 is 24.8 Å². The molecule has 0 bridgehead atoms. The first kappa shape index (κ1) is 20.0. The second-order valence-electron chi connectivity index (χ2n) is 5.49. The Labute approximate surface area is 173 Å². The van der Waals surface area contributed by atoms with Gasteiger partial charge in [0.1, 0.15) is 0 Å². The van der Waals surface area contributed by atoms with E-state index < -0.39 is 19.7 Å². The van der Waals surface area contributed by atoms with Crippen molar-refractivity contribution in [2.45, 2.75) is 14.7 Å². The molecule has 2 aliphatic carbocycles. The van der Waals surface area contributed by atoms with E-state index in [4.69, 9.17) is 8.86 Å². The van der Waals surface area contributed by atoms with Crippen LogP contribution < -0.4 is 24.8 Å². The second-order valence-corrected chi connectivity index (χ2v) is 15.4. The third-order valence-electron chi connectivity index (χ3n) is 4.09. The second kappa shape index (κ2) is 7.93. The van der Waals surface area contributed by atoms with E-state index in [1.165, 1.54) is 27.2 Å². The number of hydrogen-bond donors (Lipinski definition) is 0. The van der Waals surface area contributed by atoms with E-state index in [1.807, 2.05) is 11.8 Å². The minimum Gasteiger partial charge on any atom is -1.00 e. The Morgan fingerprint density at radius 2 is 1.91 bits per heavy atom. The molecule has 0 nitrogen and oxygen atoms in total. The molecule has 0 saturated heterocycles. The number of hydrogen-bond acceptors (Lipinski definition) is 2. The van der Waals surface area contributed by atoms with Crippen molar-refractivity contribution in [3.05, 3.63) is 73.0 Å². The van der Waals surface area contributed by atoms with Crippen molar-refractivity contribution in [1.82, 2.24) is 0 Å². The maximum atomic E-state index is 6.16. The van der Waals surface area contributed by atoms with Crippen LogP contribution in [-0.4, -0.2) is 4.16 Å². The van der Waals surface area contributed by atoms with Crippen LogP contribution in [0.25, 0.3) is 6.08 Å². The Kier molecular flexibility index (Phi) is 6.90. The first-order valence-corrected chi connectivity index (χ1v) is 14.8. The van der Waals surface area contributed by atoms with Crippen molar-refractivity contribution in [2.24, 2.45) is 0 Å². The predicted molar refractivity (Wildman–Crippen MR) is 95.0 cm³/mol. The molecule has 23 heavy (non-hydrogen) atoms. The first-order valence-electron chi connectivity index (χ1n) is 6.92. The molecule has 1 aliphatic heterocycles. The molecule has 0 amide bonds. The van der Waals surface area contributed by atoms with E-state index in [1.54, 1.807) is 3.28 Å². The van der Waals surface area contributed by atoms with Crippen LogP contribution >= 0.6 is 36.5 Å². The molecule has 4 rings (SSSR count). The van der Waals surface area contributed by atoms with Crippen molar-refractivity contribution in [3.8, 4) is 0 Å². The number of halogens is 3. The van der Waals surface area contributed by atoms with Crippen LogP contribution in [0.3, 0.4) is 0 Å². The zero-order valence-corrected chi connectivity index (χ0v) is 19.4. The van der Waals surface area contributed by atoms with Crippen molar-refractivity contribution in [1.29, 1.82) is 0 Å². The standard InChI is InChI=1S/C9H7.C8H6BrS.2ClH.S.Zr/c1-2-5-9-7-3-6-8(9)4-1;1-5-2-6-4-8(9)10-7(6)3-5;;;;/h1-7H;2-3,8H,1H3;2*1H;;/q;;;;;+2/p-2. The quantitative estimate of drug-likeness (QED) is 0.504. The van der Waals surface area contributed by atoms with Gasteiger partial charge in [0.25, 0.3) is 0 Å². The molecule has 1 aromatic carbocycles. The van der Waals surface area contributed by atoms with Crippen molar-refractivity contribution < 1.29 is 44.5 Å². The third kappa shape index (κ3) is 3.50. The molecule has 2 atom stereocenters. The average molecular weight is 523 g/mol. The number of thioether (sulfide) groups is 1. The van der Waals surface area contributed by atoms with Crippen LogP contribution in [0.4, 0.5) is 0 Å². The fourth-order valence-corrected chi connectivity index (χ4v) is 16.3. The Bertz CT molecular complexity index is 796. The summed E-state index contributed by atoms with van der Waals surface area (Å²) in [5.74, 6) is 0. The summed E-state index contributed by atoms with van der Waals surface area (Å²) in [5, 5.41) is 0. The number of benzene rings is 1. The largest absolute Gasteiger partial charge is 1.00 e. The molecular weight excluding hydrogens is 510 g/mol. The third-order valence-corrected chi connectivity index (χ3v) is 15.8. The molecule has 0 fully saturated rings. The van der Waals surface area contributed by atoms with Gasteiger partial charge in [-0.05, 0) is 0 Å². The van der Waals surface area contributed by atoms with Gasteiger partial charge in [-0.3, -0.25) is 0 Å². The maximum absolute atomic E-state index is 6.16. The fourth-order valence-electron chi connectivity index (χ4n) is 3.12. The van der Waals surface area contributed by atoms with E-state index in [0.717, 1.165) is 0 Å². The van der Waals surface area contributed by atoms with Crippen LogP contribution in [-0.2, 0) is 19.7 Å². The monoisotopic (exact) mass is 520 g/mol. The molecule has 0 N–H and O–H groups in total. The van der Waals surface area contributed by atoms with Crippen LogP contribution in [0, 0.1) is 0 Å². The summed E-state index contributed by atoms with van der Waals surface area (Å²) in [6.45, 7) is 2.18. The predicted octanol–water partition coefficient (Wildman–Crippen LogP) is 0.0589. The Morgan fingerprint density at radius 1 is 1.17 bits per heavy atom. The maximum Gasteiger partial charge on any atom is -1.00 e. The smallest absolute Gasteiger partial charge is 1.00 e. The van der Waals surface area contributed by atoms with Gasteiger partial charge in [-0.1, -0.05) is 0 Å². The fraction of sp³-hybridized carbons (Fsp3) is 0.176. The Morgan fingerprint density at radius 3 is 2.70 bits per heavy atom. The van der Waals surface area contributed by atoms with E-state index in [-0.39, 0.29) is 24.8 Å². The van der Waals surface area contributed by atoms with Crippen LogP contribution in [0.5, 0.6) is 0 Å². The molecule has 0 spiro atoms. The Balaban J connectivity index is 0.000000960. The zero-order valence-electron chi connectivity index (χ0n) is 12.2. The zero-order chi connectivity index (χ0) is 14.6. The summed E-state index contributed by atoms with van der Waals surface area (Å²) in [6.07, 6.45) is 9.25. The van der Waals surface area contributed by atoms with E-state index in [2.05, 4.69) is 71.4 Å². The first-order chi connectivity index (χ1) is 10.1. The van der Waals surface area contributed by atoms with Crippen LogP contribution in [0.1, 0.15) is 21.7 Å². The Hall–Kier alpha value is 0.693. The summed E-state index contributed by atoms with van der Waals surface area (Å²) >= 11 is 3.65. The van der Waals surface area contributed by atoms with E-state index >= 15 is 0 Å². The minimum atomic E-state index is -2.14. The van der Waals surface area contributed by atoms with Gasteiger partial charge in [0.05, 0.1) is 0 Å². The SMILES string of the molecule is CC1=CC2=[C]([Zr+2](=[S])[CH]3C=Cc4ccccc43)C(Br)SC2=C1.[Cl-].[Cl-]. The van der Waals surface area contributed by atoms with Crippen LogP contribution in [0.2, 0.25) is 0 Å². The number of fused-ring (bicyclic) bond motifs is 2. The summed E-state index contributed by atoms with van der Waals surface area (Å²) in [4.78, 5) is 1.42. The molecule has 6 heteroatoms. The molecule has 2 unspecified atom stereocenters. The van der Waals surface area contributed by atoms with Gasteiger partial charge in [-0.2, -0.15) is 0 Å². The molecule has 1 heterocycles. The summed E-state index contributed by atoms with van der Waals surface area (Å²) in [6, 6.07) is 8.72. The summed E-state index contributed by atoms with van der Waals surface area (Å²) in [7, 11) is 6.16. The van der Waals surface area contributed by atoms with Crippen molar-refractivity contribution in [3.63, 3.8) is 0 Å². The minimum absolute atomic E-state index is 0. The van der Waals surface area contributed by atoms with Gasteiger partial charge >= 0.3 is 150 Å². The number of allylic oxidation sites excluding steroid dienone is 5. The van der Waals surface area contributed by atoms with Gasteiger partial charge in [0, 0.05) is 0 Å².